The minimum Gasteiger partial charge on any atom is -0.444 e. The zero-order chi connectivity index (χ0) is 28.7. The molecule has 8 heteroatoms. The van der Waals surface area contributed by atoms with Gasteiger partial charge in [-0.2, -0.15) is 0 Å². The topological polar surface area (TPSA) is 91.3 Å². The van der Waals surface area contributed by atoms with Crippen LogP contribution < -0.4 is 5.32 Å². The summed E-state index contributed by atoms with van der Waals surface area (Å²) in [6.45, 7) is 10.8. The largest absolute Gasteiger partial charge is 0.444 e. The van der Waals surface area contributed by atoms with Gasteiger partial charge in [0.25, 0.3) is 5.91 Å². The molecule has 8 nitrogen and oxygen atoms in total. The maximum atomic E-state index is 13.6. The van der Waals surface area contributed by atoms with Crippen molar-refractivity contribution in [2.24, 2.45) is 4.99 Å². The second kappa shape index (κ2) is 12.7. The first kappa shape index (κ1) is 29.6. The Hall–Kier alpha value is -3.94. The molecular formula is C31H40N4O4. The molecule has 0 aromatic heterocycles. The fourth-order valence-electron chi connectivity index (χ4n) is 4.30. The minimum atomic E-state index is -0.673. The lowest BCUT2D eigenvalue weighted by atomic mass is 9.99. The van der Waals surface area contributed by atoms with Gasteiger partial charge in [0, 0.05) is 50.3 Å². The number of nitrogens with zero attached hydrogens (tertiary/aromatic N) is 3. The number of alkyl carbamates (subject to hydrolysis) is 1. The highest BCUT2D eigenvalue weighted by molar-refractivity contribution is 6.08. The van der Waals surface area contributed by atoms with Crippen molar-refractivity contribution in [1.29, 1.82) is 0 Å². The van der Waals surface area contributed by atoms with Gasteiger partial charge in [-0.15, -0.1) is 0 Å². The van der Waals surface area contributed by atoms with E-state index in [9.17, 15) is 14.4 Å². The summed E-state index contributed by atoms with van der Waals surface area (Å²) in [4.78, 5) is 46.6. The molecule has 0 bridgehead atoms. The van der Waals surface area contributed by atoms with Crippen LogP contribution in [-0.4, -0.2) is 66.3 Å². The van der Waals surface area contributed by atoms with Crippen molar-refractivity contribution in [1.82, 2.24) is 15.1 Å². The Morgan fingerprint density at radius 1 is 0.923 bits per heavy atom. The van der Waals surface area contributed by atoms with Gasteiger partial charge in [-0.05, 0) is 69.0 Å². The van der Waals surface area contributed by atoms with Gasteiger partial charge < -0.3 is 14.5 Å². The number of carbonyl (C=O) groups is 3. The van der Waals surface area contributed by atoms with Crippen LogP contribution in [0.1, 0.15) is 69.8 Å². The van der Waals surface area contributed by atoms with Crippen LogP contribution in [-0.2, 0) is 9.53 Å². The molecule has 208 valence electrons. The number of amides is 3. The van der Waals surface area contributed by atoms with Gasteiger partial charge in [-0.1, -0.05) is 38.1 Å². The molecule has 0 atom stereocenters. The summed E-state index contributed by atoms with van der Waals surface area (Å²) in [5.74, 6) is 0.226. The van der Waals surface area contributed by atoms with E-state index in [1.54, 1.807) is 51.9 Å². The molecule has 0 radical (unpaired) electrons. The molecule has 3 rings (SSSR count). The number of fused-ring (bicyclic) bond motifs is 1. The Labute approximate surface area is 231 Å². The summed E-state index contributed by atoms with van der Waals surface area (Å²) < 4.78 is 5.45. The summed E-state index contributed by atoms with van der Waals surface area (Å²) in [7, 11) is 3.44. The highest BCUT2D eigenvalue weighted by Gasteiger charge is 2.24. The SMILES string of the molecule is CCCN(CCC)C(=O)C1=Cc2ccc(-c3ccc(C(=O)N(C)C)cc3)cc2N=C(NC(=O)OC(C)(C)C)C1. The predicted molar refractivity (Wildman–Crippen MR) is 156 cm³/mol. The quantitative estimate of drug-likeness (QED) is 0.470. The summed E-state index contributed by atoms with van der Waals surface area (Å²) in [5, 5.41) is 2.77. The lowest BCUT2D eigenvalue weighted by molar-refractivity contribution is -0.127. The van der Waals surface area contributed by atoms with Gasteiger partial charge in [0.15, 0.2) is 0 Å². The van der Waals surface area contributed by atoms with E-state index in [-0.39, 0.29) is 18.2 Å². The molecule has 0 saturated carbocycles. The van der Waals surface area contributed by atoms with Crippen LogP contribution in [0.25, 0.3) is 17.2 Å². The Morgan fingerprint density at radius 3 is 2.10 bits per heavy atom. The Balaban J connectivity index is 2.02. The van der Waals surface area contributed by atoms with Crippen LogP contribution >= 0.6 is 0 Å². The Morgan fingerprint density at radius 2 is 1.54 bits per heavy atom. The molecule has 1 N–H and O–H groups in total. The molecular weight excluding hydrogens is 492 g/mol. The van der Waals surface area contributed by atoms with E-state index in [0.717, 1.165) is 29.5 Å². The van der Waals surface area contributed by atoms with E-state index >= 15 is 0 Å². The van der Waals surface area contributed by atoms with Crippen molar-refractivity contribution >= 4 is 35.5 Å². The van der Waals surface area contributed by atoms with Crippen molar-refractivity contribution in [3.63, 3.8) is 0 Å². The van der Waals surface area contributed by atoms with E-state index in [2.05, 4.69) is 5.32 Å². The second-order valence-corrected chi connectivity index (χ2v) is 10.9. The third-order valence-corrected chi connectivity index (χ3v) is 6.04. The molecule has 39 heavy (non-hydrogen) atoms. The standard InChI is InChI=1S/C31H40N4O4/c1-8-16-35(17-9-2)29(37)25-18-24-15-14-23(21-10-12-22(13-11-21)28(36)34(6)7)19-26(24)32-27(20-25)33-30(38)39-31(3,4)5/h10-15,18-19H,8-9,16-17,20H2,1-7H3,(H,32,33,38). The fourth-order valence-corrected chi connectivity index (χ4v) is 4.30. The number of hydrogen-bond acceptors (Lipinski definition) is 5. The van der Waals surface area contributed by atoms with Gasteiger partial charge in [-0.3, -0.25) is 14.9 Å². The van der Waals surface area contributed by atoms with Crippen molar-refractivity contribution < 1.29 is 19.1 Å². The van der Waals surface area contributed by atoms with Gasteiger partial charge in [0.05, 0.1) is 5.69 Å². The summed E-state index contributed by atoms with van der Waals surface area (Å²) >= 11 is 0. The summed E-state index contributed by atoms with van der Waals surface area (Å²) in [5.41, 5.74) is 3.74. The van der Waals surface area contributed by atoms with E-state index in [1.165, 1.54) is 0 Å². The third-order valence-electron chi connectivity index (χ3n) is 6.04. The summed E-state index contributed by atoms with van der Waals surface area (Å²) in [6.07, 6.45) is 3.14. The van der Waals surface area contributed by atoms with Crippen LogP contribution in [0, 0.1) is 0 Å². The number of hydrogen-bond donors (Lipinski definition) is 1. The van der Waals surface area contributed by atoms with E-state index in [0.29, 0.717) is 35.7 Å². The number of rotatable bonds is 7. The zero-order valence-corrected chi connectivity index (χ0v) is 24.1. The van der Waals surface area contributed by atoms with Gasteiger partial charge in [-0.25, -0.2) is 9.79 Å². The van der Waals surface area contributed by atoms with E-state index in [1.807, 2.05) is 55.2 Å². The number of aliphatic imine (C=N–C) groups is 1. The molecule has 2 aromatic rings. The predicted octanol–water partition coefficient (Wildman–Crippen LogP) is 6.05. The first-order chi connectivity index (χ1) is 18.4. The molecule has 0 saturated heterocycles. The lowest BCUT2D eigenvalue weighted by Gasteiger charge is -2.23. The maximum absolute atomic E-state index is 13.6. The highest BCUT2D eigenvalue weighted by Crippen LogP contribution is 2.32. The highest BCUT2D eigenvalue weighted by atomic mass is 16.6. The first-order valence-electron chi connectivity index (χ1n) is 13.5. The zero-order valence-electron chi connectivity index (χ0n) is 24.1. The number of nitrogens with one attached hydrogen (secondary N) is 1. The summed E-state index contributed by atoms with van der Waals surface area (Å²) in [6, 6.07) is 13.2. The van der Waals surface area contributed by atoms with Gasteiger partial charge in [0.2, 0.25) is 5.91 Å². The van der Waals surface area contributed by atoms with Gasteiger partial charge >= 0.3 is 6.09 Å². The Kier molecular flexibility index (Phi) is 9.67. The van der Waals surface area contributed by atoms with Crippen LogP contribution in [0.4, 0.5) is 10.5 Å². The molecule has 0 aliphatic carbocycles. The van der Waals surface area contributed by atoms with Crippen LogP contribution in [0.2, 0.25) is 0 Å². The molecule has 1 aliphatic rings. The fraction of sp³-hybridized carbons (Fsp3) is 0.419. The average molecular weight is 533 g/mol. The van der Waals surface area contributed by atoms with Crippen molar-refractivity contribution in [3.05, 3.63) is 59.2 Å². The average Bonchev–Trinajstić information content (AvgIpc) is 3.05. The minimum absolute atomic E-state index is 0.0598. The molecule has 0 spiro atoms. The molecule has 1 heterocycles. The van der Waals surface area contributed by atoms with Crippen molar-refractivity contribution in [3.8, 4) is 11.1 Å². The normalized spacial score (nSPS) is 12.9. The Bertz CT molecular complexity index is 1260. The number of amidine groups is 1. The molecule has 1 aliphatic heterocycles. The van der Waals surface area contributed by atoms with Crippen LogP contribution in [0.15, 0.2) is 53.0 Å². The second-order valence-electron chi connectivity index (χ2n) is 10.9. The smallest absolute Gasteiger partial charge is 0.413 e. The maximum Gasteiger partial charge on any atom is 0.413 e. The van der Waals surface area contributed by atoms with Crippen molar-refractivity contribution in [2.45, 2.75) is 59.5 Å². The van der Waals surface area contributed by atoms with Gasteiger partial charge in [0.1, 0.15) is 11.4 Å². The van der Waals surface area contributed by atoms with Crippen LogP contribution in [0.3, 0.4) is 0 Å². The monoisotopic (exact) mass is 532 g/mol. The molecule has 0 unspecified atom stereocenters. The van der Waals surface area contributed by atoms with E-state index < -0.39 is 11.7 Å². The number of carbonyl (C=O) groups excluding carboxylic acids is 3. The number of ether oxygens (including phenoxy) is 1. The lowest BCUT2D eigenvalue weighted by Crippen LogP contribution is -2.38. The third kappa shape index (κ3) is 8.02. The molecule has 3 amide bonds. The first-order valence-corrected chi connectivity index (χ1v) is 13.5. The van der Waals surface area contributed by atoms with Crippen LogP contribution in [0.5, 0.6) is 0 Å². The number of benzene rings is 2. The molecule has 2 aromatic carbocycles. The van der Waals surface area contributed by atoms with E-state index in [4.69, 9.17) is 9.73 Å². The molecule has 0 fully saturated rings. The van der Waals surface area contributed by atoms with Crippen molar-refractivity contribution in [2.75, 3.05) is 27.2 Å².